The van der Waals surface area contributed by atoms with E-state index in [1.165, 1.54) is 114 Å². The van der Waals surface area contributed by atoms with Crippen LogP contribution in [-0.2, 0) is 12.8 Å². The number of benzene rings is 2. The van der Waals surface area contributed by atoms with Crippen LogP contribution >= 0.6 is 45.3 Å². The second-order valence-electron chi connectivity index (χ2n) is 10.8. The van der Waals surface area contributed by atoms with E-state index in [0.717, 1.165) is 15.3 Å². The van der Waals surface area contributed by atoms with Crippen molar-refractivity contribution in [1.29, 1.82) is 5.26 Å². The van der Waals surface area contributed by atoms with Crippen molar-refractivity contribution in [3.8, 4) is 6.07 Å². The van der Waals surface area contributed by atoms with E-state index in [1.807, 2.05) is 22.7 Å². The molecule has 5 heteroatoms. The van der Waals surface area contributed by atoms with Gasteiger partial charge in [-0.25, -0.2) is 0 Å². The molecule has 0 aliphatic carbocycles. The Hall–Kier alpha value is -2.49. The monoisotopic (exact) mass is 597 g/mol. The fraction of sp³-hybridized carbons (Fsp3) is 0.343. The molecule has 0 saturated carbocycles. The Morgan fingerprint density at radius 2 is 1.12 bits per heavy atom. The van der Waals surface area contributed by atoms with Crippen LogP contribution in [0.2, 0.25) is 0 Å². The first-order valence-electron chi connectivity index (χ1n) is 14.7. The summed E-state index contributed by atoms with van der Waals surface area (Å²) in [6.07, 6.45) is 14.8. The lowest BCUT2D eigenvalue weighted by molar-refractivity contribution is 0.670. The second-order valence-corrected chi connectivity index (χ2v) is 15.3. The number of hydrogen-bond acceptors (Lipinski definition) is 5. The summed E-state index contributed by atoms with van der Waals surface area (Å²) in [5.41, 5.74) is 0.758. The van der Waals surface area contributed by atoms with Crippen molar-refractivity contribution >= 4 is 97.3 Å². The maximum Gasteiger partial charge on any atom is 0.101 e. The van der Waals surface area contributed by atoms with Gasteiger partial charge in [0.05, 0.1) is 5.57 Å². The third kappa shape index (κ3) is 5.78. The number of rotatable bonds is 12. The number of nitriles is 1. The number of thiophene rings is 4. The summed E-state index contributed by atoms with van der Waals surface area (Å²) >= 11 is 7.41. The highest BCUT2D eigenvalue weighted by molar-refractivity contribution is 7.22. The summed E-state index contributed by atoms with van der Waals surface area (Å²) in [5.74, 6) is 0. The Balaban J connectivity index is 1.29. The molecule has 40 heavy (non-hydrogen) atoms. The number of aryl methyl sites for hydroxylation is 2. The van der Waals surface area contributed by atoms with E-state index in [1.54, 1.807) is 22.7 Å². The van der Waals surface area contributed by atoms with E-state index in [4.69, 9.17) is 0 Å². The van der Waals surface area contributed by atoms with Crippen molar-refractivity contribution in [3.63, 3.8) is 0 Å². The zero-order valence-corrected chi connectivity index (χ0v) is 26.6. The predicted octanol–water partition coefficient (Wildman–Crippen LogP) is 12.9. The molecular weight excluding hydrogens is 563 g/mol. The van der Waals surface area contributed by atoms with Gasteiger partial charge in [-0.1, -0.05) is 52.4 Å². The van der Waals surface area contributed by atoms with Crippen molar-refractivity contribution in [2.45, 2.75) is 78.1 Å². The third-order valence-corrected chi connectivity index (χ3v) is 12.2. The standard InChI is InChI=1S/C35H35NS4/c1-3-5-7-9-11-24-18-27-29-20-26(39-33(29)14-13-31(27)37-24)17-23(22-36)35-21-30-28-19-25(12-10-8-6-4-2)38-32(28)15-16-34(30)40-35/h13-21H,3-12H2,1-2H3/b23-17+. The maximum atomic E-state index is 10.2. The van der Waals surface area contributed by atoms with E-state index in [9.17, 15) is 5.26 Å². The molecule has 0 aliphatic rings. The Morgan fingerprint density at radius 1 is 0.625 bits per heavy atom. The van der Waals surface area contributed by atoms with Gasteiger partial charge >= 0.3 is 0 Å². The molecule has 1 nitrogen and oxygen atoms in total. The molecular formula is C35H35NS4. The number of nitrogens with zero attached hydrogens (tertiary/aromatic N) is 1. The van der Waals surface area contributed by atoms with Crippen molar-refractivity contribution in [2.75, 3.05) is 0 Å². The topological polar surface area (TPSA) is 23.8 Å². The zero-order valence-electron chi connectivity index (χ0n) is 23.3. The molecule has 4 aromatic heterocycles. The SMILES string of the molecule is CCCCCCc1cc2c(ccc3sc(/C=C(\C#N)c4cc5c(ccc6sc(CCCCCC)cc65)s4)cc32)s1. The highest BCUT2D eigenvalue weighted by Gasteiger charge is 2.14. The van der Waals surface area contributed by atoms with Crippen molar-refractivity contribution < 1.29 is 0 Å². The van der Waals surface area contributed by atoms with Crippen LogP contribution in [0.1, 0.15) is 84.7 Å². The average Bonchev–Trinajstić information content (AvgIpc) is 3.74. The first-order valence-corrected chi connectivity index (χ1v) is 18.0. The smallest absolute Gasteiger partial charge is 0.101 e. The lowest BCUT2D eigenvalue weighted by Crippen LogP contribution is -1.80. The molecule has 6 aromatic rings. The zero-order chi connectivity index (χ0) is 27.5. The fourth-order valence-corrected chi connectivity index (χ4v) is 9.90. The molecule has 0 amide bonds. The molecule has 0 spiro atoms. The van der Waals surface area contributed by atoms with E-state index < -0.39 is 0 Å². The molecule has 204 valence electrons. The van der Waals surface area contributed by atoms with Gasteiger partial charge in [0.25, 0.3) is 0 Å². The van der Waals surface area contributed by atoms with Crippen LogP contribution in [0, 0.1) is 11.3 Å². The molecule has 4 heterocycles. The number of fused-ring (bicyclic) bond motifs is 6. The largest absolute Gasteiger partial charge is 0.192 e. The molecule has 0 N–H and O–H groups in total. The lowest BCUT2D eigenvalue weighted by atomic mass is 10.1. The Morgan fingerprint density at radius 3 is 1.68 bits per heavy atom. The van der Waals surface area contributed by atoms with Gasteiger partial charge in [0.1, 0.15) is 6.07 Å². The quantitative estimate of drug-likeness (QED) is 0.102. The number of hydrogen-bond donors (Lipinski definition) is 0. The summed E-state index contributed by atoms with van der Waals surface area (Å²) in [4.78, 5) is 5.20. The van der Waals surface area contributed by atoms with Gasteiger partial charge in [-0.2, -0.15) is 5.26 Å². The third-order valence-electron chi connectivity index (χ3n) is 7.74. The molecule has 2 aromatic carbocycles. The molecule has 0 atom stereocenters. The minimum absolute atomic E-state index is 0.758. The Kier molecular flexibility index (Phi) is 8.70. The van der Waals surface area contributed by atoms with Gasteiger partial charge in [0.15, 0.2) is 0 Å². The van der Waals surface area contributed by atoms with Gasteiger partial charge < -0.3 is 0 Å². The van der Waals surface area contributed by atoms with Crippen LogP contribution in [0.5, 0.6) is 0 Å². The molecule has 0 radical (unpaired) electrons. The van der Waals surface area contributed by atoms with E-state index in [-0.39, 0.29) is 0 Å². The van der Waals surface area contributed by atoms with E-state index in [2.05, 4.69) is 74.5 Å². The van der Waals surface area contributed by atoms with Gasteiger partial charge in [-0.3, -0.25) is 0 Å². The fourth-order valence-electron chi connectivity index (χ4n) is 5.59. The average molecular weight is 598 g/mol. The summed E-state index contributed by atoms with van der Waals surface area (Å²) in [6, 6.07) is 20.9. The van der Waals surface area contributed by atoms with Crippen LogP contribution in [0.15, 0.2) is 48.5 Å². The normalized spacial score (nSPS) is 12.4. The van der Waals surface area contributed by atoms with Crippen molar-refractivity contribution in [2.24, 2.45) is 0 Å². The molecule has 0 bridgehead atoms. The van der Waals surface area contributed by atoms with Gasteiger partial charge in [-0.05, 0) is 80.3 Å². The van der Waals surface area contributed by atoms with Crippen LogP contribution in [0.25, 0.3) is 52.0 Å². The second kappa shape index (κ2) is 12.6. The Bertz CT molecular complexity index is 1850. The first-order chi connectivity index (χ1) is 19.7. The van der Waals surface area contributed by atoms with Gasteiger partial charge in [0, 0.05) is 59.9 Å². The van der Waals surface area contributed by atoms with Crippen LogP contribution in [0.3, 0.4) is 0 Å². The lowest BCUT2D eigenvalue weighted by Gasteiger charge is -1.96. The molecule has 6 rings (SSSR count). The minimum Gasteiger partial charge on any atom is -0.192 e. The van der Waals surface area contributed by atoms with Crippen LogP contribution in [0.4, 0.5) is 0 Å². The highest BCUT2D eigenvalue weighted by Crippen LogP contribution is 2.41. The van der Waals surface area contributed by atoms with Crippen LogP contribution in [-0.4, -0.2) is 0 Å². The van der Waals surface area contributed by atoms with Crippen molar-refractivity contribution in [3.05, 3.63) is 68.0 Å². The number of allylic oxidation sites excluding steroid dienone is 1. The highest BCUT2D eigenvalue weighted by atomic mass is 32.1. The summed E-state index contributed by atoms with van der Waals surface area (Å²) in [5, 5.41) is 15.5. The molecule has 0 aliphatic heterocycles. The van der Waals surface area contributed by atoms with E-state index >= 15 is 0 Å². The van der Waals surface area contributed by atoms with Gasteiger partial charge in [0.2, 0.25) is 0 Å². The summed E-state index contributed by atoms with van der Waals surface area (Å²) < 4.78 is 5.30. The molecule has 0 fully saturated rings. The first kappa shape index (κ1) is 27.7. The van der Waals surface area contributed by atoms with Crippen LogP contribution < -0.4 is 0 Å². The predicted molar refractivity (Wildman–Crippen MR) is 184 cm³/mol. The summed E-state index contributed by atoms with van der Waals surface area (Å²) in [6.45, 7) is 4.54. The van der Waals surface area contributed by atoms with Crippen molar-refractivity contribution in [1.82, 2.24) is 0 Å². The number of unbranched alkanes of at least 4 members (excludes halogenated alkanes) is 6. The minimum atomic E-state index is 0.758. The molecule has 0 unspecified atom stereocenters. The maximum absolute atomic E-state index is 10.2. The molecule has 0 saturated heterocycles. The summed E-state index contributed by atoms with van der Waals surface area (Å²) in [7, 11) is 0. The van der Waals surface area contributed by atoms with E-state index in [0.29, 0.717) is 0 Å². The Labute approximate surface area is 253 Å². The van der Waals surface area contributed by atoms with Gasteiger partial charge in [-0.15, -0.1) is 45.3 Å².